The molecule has 5 aromatic rings. The van der Waals surface area contributed by atoms with Gasteiger partial charge in [0.15, 0.2) is 17.3 Å². The molecular formula is C29H27FN8O3. The van der Waals surface area contributed by atoms with Crippen LogP contribution in [-0.2, 0) is 9.53 Å². The minimum absolute atomic E-state index is 0.0103. The number of methoxy groups -OCH3 is 1. The van der Waals surface area contributed by atoms with Gasteiger partial charge < -0.3 is 19.7 Å². The number of hydrogen-bond donors (Lipinski definition) is 1. The van der Waals surface area contributed by atoms with Crippen molar-refractivity contribution >= 4 is 34.1 Å². The highest BCUT2D eigenvalue weighted by Crippen LogP contribution is 2.35. The molecule has 1 unspecified atom stereocenters. The van der Waals surface area contributed by atoms with Gasteiger partial charge in [0.05, 0.1) is 23.9 Å². The number of likely N-dealkylation sites (tertiary alicyclic amines) is 1. The number of nitrogens with one attached hydrogen (secondary N) is 1. The normalized spacial score (nSPS) is 16.8. The second kappa shape index (κ2) is 10.9. The molecule has 12 heteroatoms. The lowest BCUT2D eigenvalue weighted by atomic mass is 10.0. The van der Waals surface area contributed by atoms with Crippen LogP contribution in [0.25, 0.3) is 16.7 Å². The summed E-state index contributed by atoms with van der Waals surface area (Å²) in [6.07, 6.45) is 6.59. The molecule has 11 nitrogen and oxygen atoms in total. The Morgan fingerprint density at radius 2 is 2.07 bits per heavy atom. The first-order valence-electron chi connectivity index (χ1n) is 13.0. The van der Waals surface area contributed by atoms with Crippen LogP contribution in [0.5, 0.6) is 11.5 Å². The van der Waals surface area contributed by atoms with E-state index in [0.717, 1.165) is 5.69 Å². The number of fused-ring (bicyclic) bond motifs is 2. The van der Waals surface area contributed by atoms with Crippen molar-refractivity contribution < 1.29 is 18.7 Å². The van der Waals surface area contributed by atoms with E-state index in [0.29, 0.717) is 59.1 Å². The van der Waals surface area contributed by atoms with E-state index in [1.54, 1.807) is 53.9 Å². The maximum atomic E-state index is 15.6. The monoisotopic (exact) mass is 554 g/mol. The number of nitrogens with zero attached hydrogens (tertiary/aromatic N) is 7. The lowest BCUT2D eigenvalue weighted by molar-refractivity contribution is -0.127. The summed E-state index contributed by atoms with van der Waals surface area (Å²) in [5, 5.41) is 7.15. The Morgan fingerprint density at radius 3 is 2.90 bits per heavy atom. The van der Waals surface area contributed by atoms with Crippen LogP contribution in [0.15, 0.2) is 67.9 Å². The number of aromatic nitrogens is 6. The second-order valence-electron chi connectivity index (χ2n) is 9.77. The Bertz CT molecular complexity index is 1770. The van der Waals surface area contributed by atoms with E-state index in [1.807, 2.05) is 12.1 Å². The van der Waals surface area contributed by atoms with E-state index in [-0.39, 0.29) is 23.6 Å². The standard InChI is InChI=1S/C29H27FN8O3/c1-4-26(39)37-13-18(11-19(37)14-40-3)21-5-6-23-28(35-21)29(33-15-31-23)36-22-7-8-24(17(2)27(22)30)41-20-9-10-38-25(12-20)32-16-34-38/h4-10,12,15-16,18-19H,1,11,13-14H2,2-3H3,(H,31,33,36)/t18?,19-/m0/s1. The predicted octanol–water partition coefficient (Wildman–Crippen LogP) is 4.57. The van der Waals surface area contributed by atoms with Gasteiger partial charge in [0.25, 0.3) is 0 Å². The number of carbonyl (C=O) groups is 1. The summed E-state index contributed by atoms with van der Waals surface area (Å²) in [5.41, 5.74) is 3.07. The van der Waals surface area contributed by atoms with Crippen LogP contribution in [0.3, 0.4) is 0 Å². The van der Waals surface area contributed by atoms with Crippen molar-refractivity contribution in [3.8, 4) is 11.5 Å². The van der Waals surface area contributed by atoms with E-state index < -0.39 is 5.82 Å². The summed E-state index contributed by atoms with van der Waals surface area (Å²) >= 11 is 0. The van der Waals surface area contributed by atoms with Gasteiger partial charge in [-0.1, -0.05) is 6.58 Å². The number of ether oxygens (including phenoxy) is 2. The van der Waals surface area contributed by atoms with Gasteiger partial charge >= 0.3 is 0 Å². The molecule has 41 heavy (non-hydrogen) atoms. The zero-order valence-corrected chi connectivity index (χ0v) is 22.5. The summed E-state index contributed by atoms with van der Waals surface area (Å²) in [4.78, 5) is 31.9. The lowest BCUT2D eigenvalue weighted by Crippen LogP contribution is -2.37. The number of rotatable bonds is 8. The van der Waals surface area contributed by atoms with Crippen molar-refractivity contribution in [2.24, 2.45) is 0 Å². The molecule has 1 aromatic carbocycles. The average Bonchev–Trinajstić information content (AvgIpc) is 3.64. The first kappa shape index (κ1) is 26.3. The molecule has 1 N–H and O–H groups in total. The zero-order valence-electron chi connectivity index (χ0n) is 22.5. The van der Waals surface area contributed by atoms with E-state index in [4.69, 9.17) is 14.5 Å². The topological polar surface area (TPSA) is 120 Å². The number of amides is 1. The number of carbonyl (C=O) groups excluding carboxylic acids is 1. The van der Waals surface area contributed by atoms with Crippen LogP contribution >= 0.6 is 0 Å². The van der Waals surface area contributed by atoms with Crippen molar-refractivity contribution in [2.45, 2.75) is 25.3 Å². The van der Waals surface area contributed by atoms with Gasteiger partial charge in [0, 0.05) is 43.1 Å². The summed E-state index contributed by atoms with van der Waals surface area (Å²) in [7, 11) is 1.62. The summed E-state index contributed by atoms with van der Waals surface area (Å²) in [6, 6.07) is 10.4. The Balaban J connectivity index is 1.27. The number of halogens is 1. The molecule has 6 rings (SSSR count). The van der Waals surface area contributed by atoms with Crippen molar-refractivity contribution in [3.05, 3.63) is 85.0 Å². The molecule has 1 amide bonds. The molecule has 0 radical (unpaired) electrons. The molecule has 2 atom stereocenters. The Hall–Kier alpha value is -4.97. The quantitative estimate of drug-likeness (QED) is 0.275. The minimum Gasteiger partial charge on any atom is -0.457 e. The van der Waals surface area contributed by atoms with Gasteiger partial charge in [-0.2, -0.15) is 5.10 Å². The SMILES string of the molecule is C=CC(=O)N1CC(c2ccc3ncnc(Nc4ccc(Oc5ccn6ncnc6c5)c(C)c4F)c3n2)C[C@H]1COC. The Kier molecular flexibility index (Phi) is 6.98. The van der Waals surface area contributed by atoms with Gasteiger partial charge in [-0.15, -0.1) is 0 Å². The van der Waals surface area contributed by atoms with Gasteiger partial charge in [0.1, 0.15) is 29.7 Å². The predicted molar refractivity (Wildman–Crippen MR) is 150 cm³/mol. The van der Waals surface area contributed by atoms with Crippen molar-refractivity contribution in [2.75, 3.05) is 25.6 Å². The Morgan fingerprint density at radius 1 is 1.20 bits per heavy atom. The zero-order chi connectivity index (χ0) is 28.5. The van der Waals surface area contributed by atoms with Crippen LogP contribution < -0.4 is 10.1 Å². The maximum Gasteiger partial charge on any atom is 0.246 e. The molecule has 0 saturated carbocycles. The van der Waals surface area contributed by atoms with Crippen molar-refractivity contribution in [1.82, 2.24) is 34.4 Å². The van der Waals surface area contributed by atoms with Crippen LogP contribution in [0, 0.1) is 12.7 Å². The third-order valence-corrected chi connectivity index (χ3v) is 7.22. The second-order valence-corrected chi connectivity index (χ2v) is 9.77. The first-order valence-corrected chi connectivity index (χ1v) is 13.0. The summed E-state index contributed by atoms with van der Waals surface area (Å²) < 4.78 is 28.5. The third kappa shape index (κ3) is 5.05. The molecule has 4 aromatic heterocycles. The summed E-state index contributed by atoms with van der Waals surface area (Å²) in [5.74, 6) is 0.621. The third-order valence-electron chi connectivity index (χ3n) is 7.22. The molecule has 0 bridgehead atoms. The van der Waals surface area contributed by atoms with E-state index in [2.05, 4.69) is 31.9 Å². The average molecular weight is 555 g/mol. The maximum absolute atomic E-state index is 15.6. The van der Waals surface area contributed by atoms with E-state index in [1.165, 1.54) is 18.7 Å². The van der Waals surface area contributed by atoms with E-state index >= 15 is 4.39 Å². The number of anilines is 2. The van der Waals surface area contributed by atoms with Crippen LogP contribution in [0.4, 0.5) is 15.9 Å². The fourth-order valence-electron chi connectivity index (χ4n) is 5.13. The highest BCUT2D eigenvalue weighted by Gasteiger charge is 2.35. The van der Waals surface area contributed by atoms with Gasteiger partial charge in [-0.05, 0) is 49.8 Å². The lowest BCUT2D eigenvalue weighted by Gasteiger charge is -2.22. The number of hydrogen-bond acceptors (Lipinski definition) is 9. The fraction of sp³-hybridized carbons (Fsp3) is 0.241. The van der Waals surface area contributed by atoms with Crippen LogP contribution in [-0.4, -0.2) is 66.7 Å². The number of pyridine rings is 2. The molecule has 0 spiro atoms. The fourth-order valence-corrected chi connectivity index (χ4v) is 5.13. The van der Waals surface area contributed by atoms with Crippen LogP contribution in [0.2, 0.25) is 0 Å². The Labute approximate surface area is 234 Å². The molecule has 1 aliphatic rings. The molecule has 1 aliphatic heterocycles. The van der Waals surface area contributed by atoms with Crippen LogP contribution in [0.1, 0.15) is 23.6 Å². The molecule has 5 heterocycles. The molecule has 1 saturated heterocycles. The molecule has 0 aliphatic carbocycles. The van der Waals surface area contributed by atoms with Gasteiger partial charge in [-0.25, -0.2) is 28.8 Å². The number of benzene rings is 1. The highest BCUT2D eigenvalue weighted by molar-refractivity contribution is 5.88. The molecular weight excluding hydrogens is 527 g/mol. The molecule has 208 valence electrons. The summed E-state index contributed by atoms with van der Waals surface area (Å²) in [6.45, 7) is 6.18. The molecule has 1 fully saturated rings. The minimum atomic E-state index is -0.481. The van der Waals surface area contributed by atoms with Gasteiger partial charge in [-0.3, -0.25) is 4.79 Å². The van der Waals surface area contributed by atoms with Crippen molar-refractivity contribution in [3.63, 3.8) is 0 Å². The highest BCUT2D eigenvalue weighted by atomic mass is 19.1. The largest absolute Gasteiger partial charge is 0.457 e. The van der Waals surface area contributed by atoms with Crippen molar-refractivity contribution in [1.29, 1.82) is 0 Å². The van der Waals surface area contributed by atoms with Gasteiger partial charge in [0.2, 0.25) is 5.91 Å². The van der Waals surface area contributed by atoms with E-state index in [9.17, 15) is 4.79 Å². The first-order chi connectivity index (χ1) is 19.9. The smallest absolute Gasteiger partial charge is 0.246 e.